The molecule has 4 rings (SSSR count). The van der Waals surface area contributed by atoms with Crippen molar-refractivity contribution in [2.24, 2.45) is 0 Å². The molecule has 3 N–H and O–H groups in total. The predicted molar refractivity (Wildman–Crippen MR) is 123 cm³/mol. The first-order chi connectivity index (χ1) is 15.7. The Kier molecular flexibility index (Phi) is 7.09. The monoisotopic (exact) mass is 430 g/mol. The highest BCUT2D eigenvalue weighted by Crippen LogP contribution is 2.32. The zero-order valence-electron chi connectivity index (χ0n) is 17.7. The van der Waals surface area contributed by atoms with Gasteiger partial charge in [0.05, 0.1) is 6.10 Å². The van der Waals surface area contributed by atoms with Crippen LogP contribution in [0.25, 0.3) is 0 Å². The molecule has 3 amide bonds. The summed E-state index contributed by atoms with van der Waals surface area (Å²) in [5.74, 6) is -0.229. The fourth-order valence-corrected chi connectivity index (χ4v) is 3.79. The number of rotatable bonds is 7. The molecule has 1 heterocycles. The summed E-state index contributed by atoms with van der Waals surface area (Å²) in [4.78, 5) is 28.5. The maximum atomic E-state index is 12.4. The van der Waals surface area contributed by atoms with E-state index in [0.717, 1.165) is 24.8 Å². The minimum atomic E-state index is -0.329. The van der Waals surface area contributed by atoms with E-state index in [1.54, 1.807) is 36.7 Å². The summed E-state index contributed by atoms with van der Waals surface area (Å²) in [5.41, 5.74) is 4.60. The minimum absolute atomic E-state index is 0.0247. The van der Waals surface area contributed by atoms with Crippen molar-refractivity contribution in [1.29, 1.82) is 0 Å². The molecule has 1 atom stereocenters. The largest absolute Gasteiger partial charge is 0.364 e. The van der Waals surface area contributed by atoms with Crippen LogP contribution in [-0.2, 0) is 22.5 Å². The molecule has 164 valence electrons. The van der Waals surface area contributed by atoms with E-state index in [0.29, 0.717) is 17.9 Å². The third kappa shape index (κ3) is 5.92. The van der Waals surface area contributed by atoms with Crippen LogP contribution in [0.15, 0.2) is 73.1 Å². The Labute approximate surface area is 187 Å². The van der Waals surface area contributed by atoms with Gasteiger partial charge in [-0.2, -0.15) is 0 Å². The Morgan fingerprint density at radius 2 is 1.75 bits per heavy atom. The maximum Gasteiger partial charge on any atom is 0.319 e. The Hall–Kier alpha value is -3.71. The van der Waals surface area contributed by atoms with Crippen LogP contribution in [0.1, 0.15) is 35.6 Å². The van der Waals surface area contributed by atoms with E-state index in [4.69, 9.17) is 4.74 Å². The number of urea groups is 1. The highest BCUT2D eigenvalue weighted by Gasteiger charge is 2.21. The first-order valence-electron chi connectivity index (χ1n) is 10.7. The molecule has 0 radical (unpaired) electrons. The lowest BCUT2D eigenvalue weighted by Gasteiger charge is -2.25. The van der Waals surface area contributed by atoms with E-state index in [1.165, 1.54) is 11.1 Å². The quantitative estimate of drug-likeness (QED) is 0.517. The second-order valence-electron chi connectivity index (χ2n) is 7.68. The van der Waals surface area contributed by atoms with Gasteiger partial charge in [0.25, 0.3) is 0 Å². The summed E-state index contributed by atoms with van der Waals surface area (Å²) in [6.07, 6.45) is 6.33. The molecule has 1 aliphatic carbocycles. The van der Waals surface area contributed by atoms with Gasteiger partial charge in [0, 0.05) is 30.3 Å². The molecule has 3 aromatic rings. The number of aromatic nitrogens is 1. The third-order valence-corrected chi connectivity index (χ3v) is 5.34. The molecule has 0 aliphatic heterocycles. The van der Waals surface area contributed by atoms with Gasteiger partial charge in [0.2, 0.25) is 5.91 Å². The van der Waals surface area contributed by atoms with Gasteiger partial charge in [-0.05, 0) is 66.3 Å². The minimum Gasteiger partial charge on any atom is -0.364 e. The van der Waals surface area contributed by atoms with Gasteiger partial charge in [-0.1, -0.05) is 30.3 Å². The van der Waals surface area contributed by atoms with E-state index >= 15 is 0 Å². The molecule has 0 spiro atoms. The molecule has 1 aromatic heterocycles. The van der Waals surface area contributed by atoms with Crippen molar-refractivity contribution in [3.8, 4) is 0 Å². The number of nitrogens with one attached hydrogen (secondary N) is 3. The lowest BCUT2D eigenvalue weighted by Crippen LogP contribution is -2.28. The SMILES string of the molecule is O=C(COC1CCCc2ccccc21)Nc1cccc(NC(=O)NCc2ccncc2)c1. The van der Waals surface area contributed by atoms with Crippen LogP contribution < -0.4 is 16.0 Å². The molecule has 1 aliphatic rings. The molecule has 0 saturated heterocycles. The van der Waals surface area contributed by atoms with Crippen molar-refractivity contribution in [2.45, 2.75) is 31.9 Å². The number of anilines is 2. The molecular formula is C25H26N4O3. The van der Waals surface area contributed by atoms with Gasteiger partial charge < -0.3 is 20.7 Å². The van der Waals surface area contributed by atoms with E-state index in [9.17, 15) is 9.59 Å². The topological polar surface area (TPSA) is 92.4 Å². The average Bonchev–Trinajstić information content (AvgIpc) is 2.82. The lowest BCUT2D eigenvalue weighted by atomic mass is 9.89. The molecule has 32 heavy (non-hydrogen) atoms. The fraction of sp³-hybridized carbons (Fsp3) is 0.240. The van der Waals surface area contributed by atoms with Crippen molar-refractivity contribution in [2.75, 3.05) is 17.2 Å². The maximum absolute atomic E-state index is 12.4. The van der Waals surface area contributed by atoms with Crippen molar-refractivity contribution in [3.63, 3.8) is 0 Å². The predicted octanol–water partition coefficient (Wildman–Crippen LogP) is 4.44. The summed E-state index contributed by atoms with van der Waals surface area (Å²) in [7, 11) is 0. The van der Waals surface area contributed by atoms with Crippen molar-refractivity contribution in [3.05, 3.63) is 89.7 Å². The van der Waals surface area contributed by atoms with Gasteiger partial charge in [-0.3, -0.25) is 9.78 Å². The van der Waals surface area contributed by atoms with Gasteiger partial charge >= 0.3 is 6.03 Å². The molecule has 1 unspecified atom stereocenters. The number of amides is 3. The van der Waals surface area contributed by atoms with E-state index < -0.39 is 0 Å². The first-order valence-corrected chi connectivity index (χ1v) is 10.7. The number of hydrogen-bond acceptors (Lipinski definition) is 4. The summed E-state index contributed by atoms with van der Waals surface area (Å²) in [6, 6.07) is 18.6. The highest BCUT2D eigenvalue weighted by molar-refractivity contribution is 5.94. The molecule has 0 bridgehead atoms. The summed E-state index contributed by atoms with van der Waals surface area (Å²) >= 11 is 0. The number of fused-ring (bicyclic) bond motifs is 1. The second-order valence-corrected chi connectivity index (χ2v) is 7.68. The lowest BCUT2D eigenvalue weighted by molar-refractivity contribution is -0.123. The van der Waals surface area contributed by atoms with Crippen LogP contribution in [0.4, 0.5) is 16.2 Å². The van der Waals surface area contributed by atoms with Crippen LogP contribution in [0, 0.1) is 0 Å². The average molecular weight is 431 g/mol. The van der Waals surface area contributed by atoms with Crippen LogP contribution >= 0.6 is 0 Å². The van der Waals surface area contributed by atoms with E-state index in [1.807, 2.05) is 24.3 Å². The van der Waals surface area contributed by atoms with Gasteiger partial charge in [0.1, 0.15) is 6.61 Å². The number of ether oxygens (including phenoxy) is 1. The van der Waals surface area contributed by atoms with Crippen LogP contribution in [-0.4, -0.2) is 23.5 Å². The highest BCUT2D eigenvalue weighted by atomic mass is 16.5. The molecule has 2 aromatic carbocycles. The number of carbonyl (C=O) groups excluding carboxylic acids is 2. The smallest absolute Gasteiger partial charge is 0.319 e. The van der Waals surface area contributed by atoms with Gasteiger partial charge in [-0.15, -0.1) is 0 Å². The zero-order valence-corrected chi connectivity index (χ0v) is 17.7. The number of benzene rings is 2. The van der Waals surface area contributed by atoms with Crippen LogP contribution in [0.2, 0.25) is 0 Å². The molecule has 7 heteroatoms. The number of pyridine rings is 1. The molecule has 0 fully saturated rings. The Balaban J connectivity index is 1.26. The normalized spacial score (nSPS) is 14.8. The van der Waals surface area contributed by atoms with Gasteiger partial charge in [0.15, 0.2) is 0 Å². The number of hydrogen-bond donors (Lipinski definition) is 3. The fourth-order valence-electron chi connectivity index (χ4n) is 3.79. The third-order valence-electron chi connectivity index (χ3n) is 5.34. The first kappa shape index (κ1) is 21.5. The van der Waals surface area contributed by atoms with E-state index in [-0.39, 0.29) is 24.6 Å². The van der Waals surface area contributed by atoms with Crippen molar-refractivity contribution < 1.29 is 14.3 Å². The molecular weight excluding hydrogens is 404 g/mol. The summed E-state index contributed by atoms with van der Waals surface area (Å²) < 4.78 is 5.92. The number of nitrogens with zero attached hydrogens (tertiary/aromatic N) is 1. The summed E-state index contributed by atoms with van der Waals surface area (Å²) in [5, 5.41) is 8.39. The standard InChI is InChI=1S/C25H26N4O3/c30-24(17-32-23-10-3-6-19-5-1-2-9-22(19)23)28-20-7-4-8-21(15-20)29-25(31)27-16-18-11-13-26-14-12-18/h1-2,4-5,7-9,11-15,23H,3,6,10,16-17H2,(H,28,30)(H2,27,29,31). The number of carbonyl (C=O) groups is 2. The van der Waals surface area contributed by atoms with Crippen molar-refractivity contribution in [1.82, 2.24) is 10.3 Å². The molecule has 0 saturated carbocycles. The van der Waals surface area contributed by atoms with Gasteiger partial charge in [-0.25, -0.2) is 4.79 Å². The number of aryl methyl sites for hydroxylation is 1. The van der Waals surface area contributed by atoms with Crippen LogP contribution in [0.5, 0.6) is 0 Å². The molecule has 7 nitrogen and oxygen atoms in total. The Bertz CT molecular complexity index is 1070. The second kappa shape index (κ2) is 10.5. The Morgan fingerprint density at radius 1 is 0.969 bits per heavy atom. The van der Waals surface area contributed by atoms with Crippen LogP contribution in [0.3, 0.4) is 0 Å². The zero-order chi connectivity index (χ0) is 22.2. The Morgan fingerprint density at radius 3 is 2.59 bits per heavy atom. The summed E-state index contributed by atoms with van der Waals surface area (Å²) in [6.45, 7) is 0.371. The van der Waals surface area contributed by atoms with Crippen molar-refractivity contribution >= 4 is 23.3 Å². The van der Waals surface area contributed by atoms with E-state index in [2.05, 4.69) is 33.1 Å².